The highest BCUT2D eigenvalue weighted by atomic mass is 16.4. The molecule has 4 atom stereocenters. The number of fused-ring (bicyclic) bond motifs is 2. The highest BCUT2D eigenvalue weighted by Gasteiger charge is 2.59. The lowest BCUT2D eigenvalue weighted by molar-refractivity contribution is -0.0434. The second kappa shape index (κ2) is 9.91. The largest absolute Gasteiger partial charge is 0.478 e. The Morgan fingerprint density at radius 1 is 0.756 bits per heavy atom. The van der Waals surface area contributed by atoms with Crippen molar-refractivity contribution in [1.82, 2.24) is 14.4 Å². The monoisotopic (exact) mass is 601 g/mol. The molecule has 7 heteroatoms. The SMILES string of the molecule is O=C(O)c1ccccc1-c1c2ccc(=[N+]3C4CCCN5CCCC3C45)cc-2oc2cc(N3C4CCCN5CCCC3C45)ccc12. The lowest BCUT2D eigenvalue weighted by atomic mass is 9.74. The Bertz CT molecular complexity index is 1860. The van der Waals surface area contributed by atoms with Crippen molar-refractivity contribution in [3.8, 4) is 22.5 Å². The van der Waals surface area contributed by atoms with Gasteiger partial charge in [0, 0.05) is 59.3 Å². The standard InChI is InChI=1S/C38H40N4O3/c43-38(44)26-8-2-1-7-25(26)35-27-15-13-23(41-29-9-3-17-39-18-4-10-30(41)36(29)39)21-33(27)45-34-22-24(14-16-28(34)35)42-31-11-5-19-40-20-6-12-32(42)37(31)40/h1-2,7-8,13-16,21-22,29-32,36-37H,3-6,9-12,17-20H2/p+1. The minimum Gasteiger partial charge on any atom is -0.478 e. The highest BCUT2D eigenvalue weighted by Crippen LogP contribution is 2.47. The van der Waals surface area contributed by atoms with E-state index in [-0.39, 0.29) is 0 Å². The van der Waals surface area contributed by atoms with E-state index in [0.29, 0.717) is 41.8 Å². The Labute approximate surface area is 263 Å². The third-order valence-corrected chi connectivity index (χ3v) is 12.3. The molecule has 6 fully saturated rings. The van der Waals surface area contributed by atoms with Crippen molar-refractivity contribution < 1.29 is 14.3 Å². The maximum Gasteiger partial charge on any atom is 0.336 e. The Morgan fingerprint density at radius 2 is 1.44 bits per heavy atom. The quantitative estimate of drug-likeness (QED) is 0.247. The summed E-state index contributed by atoms with van der Waals surface area (Å²) in [4.78, 5) is 20.6. The van der Waals surface area contributed by atoms with Crippen molar-refractivity contribution in [3.05, 3.63) is 71.6 Å². The molecule has 1 N–H and O–H groups in total. The number of piperidine rings is 4. The fourth-order valence-corrected chi connectivity index (χ4v) is 10.6. The summed E-state index contributed by atoms with van der Waals surface area (Å²) in [5, 5.41) is 12.4. The molecule has 1 aliphatic carbocycles. The maximum absolute atomic E-state index is 12.5. The van der Waals surface area contributed by atoms with E-state index in [9.17, 15) is 9.90 Å². The van der Waals surface area contributed by atoms with E-state index >= 15 is 0 Å². The van der Waals surface area contributed by atoms with Crippen LogP contribution in [0, 0.1) is 0 Å². The van der Waals surface area contributed by atoms with E-state index in [4.69, 9.17) is 4.42 Å². The van der Waals surface area contributed by atoms with Crippen LogP contribution >= 0.6 is 0 Å². The van der Waals surface area contributed by atoms with Crippen molar-refractivity contribution in [2.75, 3.05) is 31.1 Å². The second-order valence-electron chi connectivity index (χ2n) is 14.4. The van der Waals surface area contributed by atoms with Crippen molar-refractivity contribution in [1.29, 1.82) is 0 Å². The molecule has 7 aliphatic heterocycles. The van der Waals surface area contributed by atoms with Gasteiger partial charge in [-0.05, 0) is 94.5 Å². The van der Waals surface area contributed by atoms with E-state index in [1.165, 1.54) is 88.6 Å². The number of carboxylic acid groups (broad SMARTS) is 1. The number of hydrogen-bond acceptors (Lipinski definition) is 5. The van der Waals surface area contributed by atoms with Gasteiger partial charge in [-0.25, -0.2) is 9.37 Å². The lowest BCUT2D eigenvalue weighted by Crippen LogP contribution is -2.77. The molecule has 2 aromatic rings. The van der Waals surface area contributed by atoms with Crippen LogP contribution in [0.15, 0.2) is 65.1 Å². The van der Waals surface area contributed by atoms with E-state index in [1.54, 1.807) is 6.07 Å². The second-order valence-corrected chi connectivity index (χ2v) is 14.4. The molecule has 0 saturated carbocycles. The fourth-order valence-electron chi connectivity index (χ4n) is 10.6. The number of carbonyl (C=O) groups is 1. The highest BCUT2D eigenvalue weighted by molar-refractivity contribution is 6.07. The van der Waals surface area contributed by atoms with Crippen molar-refractivity contribution in [2.45, 2.75) is 87.6 Å². The molecule has 45 heavy (non-hydrogen) atoms. The molecule has 7 heterocycles. The lowest BCUT2D eigenvalue weighted by Gasteiger charge is -2.64. The van der Waals surface area contributed by atoms with Crippen LogP contribution in [0.1, 0.15) is 61.7 Å². The Kier molecular flexibility index (Phi) is 5.84. The summed E-state index contributed by atoms with van der Waals surface area (Å²) < 4.78 is 9.56. The summed E-state index contributed by atoms with van der Waals surface area (Å²) in [5.74, 6) is -0.0697. The van der Waals surface area contributed by atoms with Crippen LogP contribution in [0.3, 0.4) is 0 Å². The Balaban J connectivity index is 1.17. The van der Waals surface area contributed by atoms with E-state index in [0.717, 1.165) is 33.4 Å². The molecule has 2 aromatic carbocycles. The third-order valence-electron chi connectivity index (χ3n) is 12.3. The predicted molar refractivity (Wildman–Crippen MR) is 176 cm³/mol. The zero-order chi connectivity index (χ0) is 29.8. The number of benzene rings is 3. The molecule has 10 rings (SSSR count). The molecule has 6 saturated heterocycles. The minimum atomic E-state index is -0.905. The molecule has 7 nitrogen and oxygen atoms in total. The minimum absolute atomic E-state index is 0.324. The van der Waals surface area contributed by atoms with Crippen molar-refractivity contribution in [3.63, 3.8) is 0 Å². The van der Waals surface area contributed by atoms with Gasteiger partial charge in [-0.1, -0.05) is 18.2 Å². The summed E-state index contributed by atoms with van der Waals surface area (Å²) >= 11 is 0. The van der Waals surface area contributed by atoms with Gasteiger partial charge >= 0.3 is 5.97 Å². The van der Waals surface area contributed by atoms with E-state index in [2.05, 4.69) is 55.7 Å². The number of rotatable bonds is 3. The topological polar surface area (TPSA) is 63.2 Å². The average Bonchev–Trinajstić information content (AvgIpc) is 3.06. The van der Waals surface area contributed by atoms with Gasteiger partial charge in [0.05, 0.1) is 17.7 Å². The van der Waals surface area contributed by atoms with Crippen LogP contribution in [-0.2, 0) is 0 Å². The van der Waals surface area contributed by atoms with Crippen LogP contribution < -0.4 is 14.8 Å². The number of anilines is 1. The van der Waals surface area contributed by atoms with Gasteiger partial charge in [0.25, 0.3) is 0 Å². The van der Waals surface area contributed by atoms with Gasteiger partial charge in [0.15, 0.2) is 12.1 Å². The normalized spacial score (nSPS) is 30.8. The zero-order valence-electron chi connectivity index (χ0n) is 25.8. The van der Waals surface area contributed by atoms with Crippen molar-refractivity contribution in [2.24, 2.45) is 0 Å². The van der Waals surface area contributed by atoms with Gasteiger partial charge in [-0.3, -0.25) is 9.80 Å². The number of carboxylic acids is 1. The summed E-state index contributed by atoms with van der Waals surface area (Å²) in [6.45, 7) is 4.99. The maximum atomic E-state index is 12.5. The first-order valence-electron chi connectivity index (χ1n) is 17.4. The Morgan fingerprint density at radius 3 is 2.18 bits per heavy atom. The smallest absolute Gasteiger partial charge is 0.336 e. The number of aromatic carboxylic acids is 1. The summed E-state index contributed by atoms with van der Waals surface area (Å²) in [6.07, 6.45) is 10.1. The van der Waals surface area contributed by atoms with Crippen LogP contribution in [0.5, 0.6) is 0 Å². The molecule has 0 spiro atoms. The van der Waals surface area contributed by atoms with Gasteiger partial charge in [0.2, 0.25) is 5.36 Å². The van der Waals surface area contributed by atoms with Gasteiger partial charge in [-0.2, -0.15) is 0 Å². The molecule has 0 bridgehead atoms. The predicted octanol–water partition coefficient (Wildman–Crippen LogP) is 5.50. The molecule has 8 aliphatic rings. The average molecular weight is 602 g/mol. The molecule has 230 valence electrons. The molecule has 4 unspecified atom stereocenters. The zero-order valence-corrected chi connectivity index (χ0v) is 25.8. The van der Waals surface area contributed by atoms with Gasteiger partial charge in [0.1, 0.15) is 17.4 Å². The van der Waals surface area contributed by atoms with Crippen molar-refractivity contribution >= 4 is 22.6 Å². The van der Waals surface area contributed by atoms with E-state index in [1.807, 2.05) is 18.2 Å². The first-order chi connectivity index (χ1) is 22.2. The first-order valence-corrected chi connectivity index (χ1v) is 17.4. The van der Waals surface area contributed by atoms with Crippen LogP contribution in [0.4, 0.5) is 5.69 Å². The number of hydrogen-bond donors (Lipinski definition) is 1. The third kappa shape index (κ3) is 3.77. The first kappa shape index (κ1) is 26.5. The summed E-state index contributed by atoms with van der Waals surface area (Å²) in [6, 6.07) is 24.5. The number of nitrogens with zero attached hydrogens (tertiary/aromatic N) is 4. The fraction of sp³-hybridized carbons (Fsp3) is 0.474. The molecule has 0 amide bonds. The molecule has 0 radical (unpaired) electrons. The molecular weight excluding hydrogens is 560 g/mol. The van der Waals surface area contributed by atoms with Gasteiger partial charge in [-0.15, -0.1) is 0 Å². The van der Waals surface area contributed by atoms with Crippen LogP contribution in [0.2, 0.25) is 0 Å². The van der Waals surface area contributed by atoms with Crippen LogP contribution in [-0.4, -0.2) is 83.3 Å². The van der Waals surface area contributed by atoms with Crippen LogP contribution in [0.25, 0.3) is 33.4 Å². The van der Waals surface area contributed by atoms with E-state index < -0.39 is 5.97 Å². The van der Waals surface area contributed by atoms with Gasteiger partial charge < -0.3 is 14.4 Å². The summed E-state index contributed by atoms with van der Waals surface area (Å²) in [7, 11) is 0. The summed E-state index contributed by atoms with van der Waals surface area (Å²) in [5.41, 5.74) is 5.07. The molecule has 0 aromatic heterocycles. The Hall–Kier alpha value is -3.68. The molecular formula is C38H41N4O3+.